The van der Waals surface area contributed by atoms with Gasteiger partial charge in [-0.3, -0.25) is 4.98 Å². The standard InChI is InChI=1S/C30H36N4O3/c1-30(2,3)37-29(35)32-23-12-10-21(11-13-23)22-16-24-26(34(19-22)18-20-8-6-5-7-9-20)17-31-25-14-15-27(36-4)33-28(24)25/h5-9,14-17,21,23H,10-13,18-19H2,1-4H3,(H,32,35)/t21-,23-. The summed E-state index contributed by atoms with van der Waals surface area (Å²) in [6.07, 6.45) is 7.92. The highest BCUT2D eigenvalue weighted by atomic mass is 16.6. The quantitative estimate of drug-likeness (QED) is 0.454. The summed E-state index contributed by atoms with van der Waals surface area (Å²) in [5.41, 5.74) is 6.12. The minimum atomic E-state index is -0.488. The first kappa shape index (κ1) is 25.1. The molecule has 0 radical (unpaired) electrons. The number of amides is 1. The Bertz CT molecular complexity index is 1290. The Balaban J connectivity index is 1.40. The molecule has 7 heteroatoms. The van der Waals surface area contributed by atoms with E-state index >= 15 is 0 Å². The predicted octanol–water partition coefficient (Wildman–Crippen LogP) is 6.13. The van der Waals surface area contributed by atoms with Crippen LogP contribution in [0.2, 0.25) is 0 Å². The fourth-order valence-electron chi connectivity index (χ4n) is 5.38. The molecule has 5 rings (SSSR count). The van der Waals surface area contributed by atoms with Crippen molar-refractivity contribution in [3.05, 3.63) is 65.4 Å². The number of rotatable bonds is 5. The number of anilines is 1. The van der Waals surface area contributed by atoms with Crippen molar-refractivity contribution >= 4 is 28.9 Å². The molecule has 1 aliphatic heterocycles. The van der Waals surface area contributed by atoms with Gasteiger partial charge >= 0.3 is 6.09 Å². The van der Waals surface area contributed by atoms with Gasteiger partial charge in [0.2, 0.25) is 5.88 Å². The second-order valence-corrected chi connectivity index (χ2v) is 11.0. The molecule has 1 fully saturated rings. The highest BCUT2D eigenvalue weighted by Crippen LogP contribution is 2.39. The number of hydrogen-bond acceptors (Lipinski definition) is 6. The third kappa shape index (κ3) is 5.87. The lowest BCUT2D eigenvalue weighted by atomic mass is 9.79. The van der Waals surface area contributed by atoms with Gasteiger partial charge < -0.3 is 19.7 Å². The zero-order valence-corrected chi connectivity index (χ0v) is 22.2. The van der Waals surface area contributed by atoms with Gasteiger partial charge in [-0.1, -0.05) is 30.3 Å². The Labute approximate surface area is 218 Å². The lowest BCUT2D eigenvalue weighted by Gasteiger charge is -2.37. The minimum absolute atomic E-state index is 0.152. The smallest absolute Gasteiger partial charge is 0.407 e. The van der Waals surface area contributed by atoms with E-state index in [9.17, 15) is 4.79 Å². The van der Waals surface area contributed by atoms with Crippen molar-refractivity contribution in [2.24, 2.45) is 5.92 Å². The van der Waals surface area contributed by atoms with Crippen LogP contribution in [-0.4, -0.2) is 41.4 Å². The normalized spacial score (nSPS) is 19.7. The molecule has 194 valence electrons. The zero-order chi connectivity index (χ0) is 26.0. The summed E-state index contributed by atoms with van der Waals surface area (Å²) < 4.78 is 10.9. The number of hydrogen-bond donors (Lipinski definition) is 1. The summed E-state index contributed by atoms with van der Waals surface area (Å²) in [5, 5.41) is 3.07. The first-order valence-electron chi connectivity index (χ1n) is 13.1. The van der Waals surface area contributed by atoms with Crippen LogP contribution in [0.4, 0.5) is 10.5 Å². The van der Waals surface area contributed by atoms with Gasteiger partial charge in [0, 0.05) is 30.8 Å². The van der Waals surface area contributed by atoms with Crippen LogP contribution in [0, 0.1) is 5.92 Å². The van der Waals surface area contributed by atoms with Crippen LogP contribution < -0.4 is 15.0 Å². The second-order valence-electron chi connectivity index (χ2n) is 11.0. The van der Waals surface area contributed by atoms with Crippen molar-refractivity contribution in [2.45, 2.75) is 64.6 Å². The van der Waals surface area contributed by atoms with Gasteiger partial charge in [0.15, 0.2) is 0 Å². The number of fused-ring (bicyclic) bond motifs is 3. The van der Waals surface area contributed by atoms with E-state index in [-0.39, 0.29) is 12.1 Å². The summed E-state index contributed by atoms with van der Waals surface area (Å²) in [6, 6.07) is 14.5. The Hall–Kier alpha value is -3.61. The molecule has 1 saturated carbocycles. The van der Waals surface area contributed by atoms with Crippen LogP contribution in [0.25, 0.3) is 17.1 Å². The molecule has 1 aromatic carbocycles. The van der Waals surface area contributed by atoms with Crippen LogP contribution in [-0.2, 0) is 11.3 Å². The molecule has 1 N–H and O–H groups in total. The lowest BCUT2D eigenvalue weighted by molar-refractivity contribution is 0.0489. The molecule has 3 heterocycles. The number of ether oxygens (including phenoxy) is 2. The minimum Gasteiger partial charge on any atom is -0.481 e. The Morgan fingerprint density at radius 1 is 1.08 bits per heavy atom. The second kappa shape index (κ2) is 10.4. The first-order chi connectivity index (χ1) is 17.8. The maximum atomic E-state index is 12.3. The molecule has 0 spiro atoms. The Morgan fingerprint density at radius 2 is 1.84 bits per heavy atom. The van der Waals surface area contributed by atoms with Gasteiger partial charge in [-0.2, -0.15) is 0 Å². The van der Waals surface area contributed by atoms with E-state index in [1.807, 2.05) is 45.2 Å². The predicted molar refractivity (Wildman–Crippen MR) is 147 cm³/mol. The monoisotopic (exact) mass is 500 g/mol. The molecule has 1 amide bonds. The van der Waals surface area contributed by atoms with E-state index < -0.39 is 5.60 Å². The van der Waals surface area contributed by atoms with Gasteiger partial charge in [0.25, 0.3) is 0 Å². The SMILES string of the molecule is COc1ccc2ncc3c(c2n1)C=C([C@H]1CC[C@H](NC(=O)OC(C)(C)C)CC1)CN3Cc1ccccc1. The largest absolute Gasteiger partial charge is 0.481 e. The van der Waals surface area contributed by atoms with Crippen LogP contribution >= 0.6 is 0 Å². The molecule has 2 aliphatic rings. The van der Waals surface area contributed by atoms with Gasteiger partial charge in [0.1, 0.15) is 11.1 Å². The number of pyridine rings is 2. The molecule has 0 saturated heterocycles. The number of methoxy groups -OCH3 is 1. The summed E-state index contributed by atoms with van der Waals surface area (Å²) in [6.45, 7) is 7.33. The number of nitrogens with one attached hydrogen (secondary N) is 1. The number of aromatic nitrogens is 2. The third-order valence-electron chi connectivity index (χ3n) is 7.15. The van der Waals surface area contributed by atoms with Crippen LogP contribution in [0.3, 0.4) is 0 Å². The molecule has 1 aliphatic carbocycles. The highest BCUT2D eigenvalue weighted by molar-refractivity contribution is 5.92. The molecule has 2 aromatic heterocycles. The number of benzene rings is 1. The molecule has 7 nitrogen and oxygen atoms in total. The van der Waals surface area contributed by atoms with Crippen molar-refractivity contribution in [1.29, 1.82) is 0 Å². The average molecular weight is 501 g/mol. The summed E-state index contributed by atoms with van der Waals surface area (Å²) in [5.74, 6) is 1.04. The Morgan fingerprint density at radius 3 is 2.54 bits per heavy atom. The molecular formula is C30H36N4O3. The van der Waals surface area contributed by atoms with E-state index in [1.54, 1.807) is 7.11 Å². The average Bonchev–Trinajstić information content (AvgIpc) is 2.88. The number of carbonyl (C=O) groups is 1. The van der Waals surface area contributed by atoms with Crippen LogP contribution in [0.5, 0.6) is 5.88 Å². The van der Waals surface area contributed by atoms with E-state index in [0.29, 0.717) is 11.8 Å². The third-order valence-corrected chi connectivity index (χ3v) is 7.15. The fraction of sp³-hybridized carbons (Fsp3) is 0.433. The molecule has 0 bridgehead atoms. The maximum absolute atomic E-state index is 12.3. The van der Waals surface area contributed by atoms with Crippen molar-refractivity contribution in [1.82, 2.24) is 15.3 Å². The van der Waals surface area contributed by atoms with Gasteiger partial charge in [-0.25, -0.2) is 9.78 Å². The van der Waals surface area contributed by atoms with Gasteiger partial charge in [0.05, 0.1) is 24.5 Å². The van der Waals surface area contributed by atoms with Crippen LogP contribution in [0.1, 0.15) is 57.6 Å². The molecule has 0 atom stereocenters. The first-order valence-corrected chi connectivity index (χ1v) is 13.1. The fourth-order valence-corrected chi connectivity index (χ4v) is 5.38. The number of carbonyl (C=O) groups excluding carboxylic acids is 1. The Kier molecular flexibility index (Phi) is 7.04. The summed E-state index contributed by atoms with van der Waals surface area (Å²) in [7, 11) is 1.64. The number of nitrogens with zero attached hydrogens (tertiary/aromatic N) is 3. The van der Waals surface area contributed by atoms with E-state index in [2.05, 4.69) is 40.6 Å². The molecule has 3 aromatic rings. The number of alkyl carbamates (subject to hydrolysis) is 1. The van der Waals surface area contributed by atoms with E-state index in [4.69, 9.17) is 19.4 Å². The van der Waals surface area contributed by atoms with Crippen molar-refractivity contribution in [3.63, 3.8) is 0 Å². The van der Waals surface area contributed by atoms with Gasteiger partial charge in [-0.05, 0) is 75.7 Å². The van der Waals surface area contributed by atoms with Crippen molar-refractivity contribution in [2.75, 3.05) is 18.6 Å². The lowest BCUT2D eigenvalue weighted by Crippen LogP contribution is -2.41. The van der Waals surface area contributed by atoms with E-state index in [0.717, 1.165) is 61.1 Å². The molecule has 0 unspecified atom stereocenters. The summed E-state index contributed by atoms with van der Waals surface area (Å²) >= 11 is 0. The van der Waals surface area contributed by atoms with Gasteiger partial charge in [-0.15, -0.1) is 0 Å². The zero-order valence-electron chi connectivity index (χ0n) is 22.2. The van der Waals surface area contributed by atoms with Crippen molar-refractivity contribution < 1.29 is 14.3 Å². The summed E-state index contributed by atoms with van der Waals surface area (Å²) in [4.78, 5) is 24.2. The van der Waals surface area contributed by atoms with E-state index in [1.165, 1.54) is 11.1 Å². The maximum Gasteiger partial charge on any atom is 0.407 e. The molecular weight excluding hydrogens is 464 g/mol. The highest BCUT2D eigenvalue weighted by Gasteiger charge is 2.30. The van der Waals surface area contributed by atoms with Crippen LogP contribution in [0.15, 0.2) is 54.2 Å². The topological polar surface area (TPSA) is 76.6 Å². The molecule has 37 heavy (non-hydrogen) atoms. The van der Waals surface area contributed by atoms with Crippen molar-refractivity contribution in [3.8, 4) is 5.88 Å².